The van der Waals surface area contributed by atoms with E-state index in [4.69, 9.17) is 4.43 Å². The highest BCUT2D eigenvalue weighted by molar-refractivity contribution is 6.73. The minimum atomic E-state index is -1.48. The van der Waals surface area contributed by atoms with Gasteiger partial charge in [0, 0.05) is 6.61 Å². The monoisotopic (exact) mass is 370 g/mol. The summed E-state index contributed by atoms with van der Waals surface area (Å²) in [6.07, 6.45) is 21.2. The summed E-state index contributed by atoms with van der Waals surface area (Å²) in [5.41, 5.74) is 0. The van der Waals surface area contributed by atoms with Crippen molar-refractivity contribution in [1.29, 1.82) is 0 Å². The maximum Gasteiger partial charge on any atom is 0.192 e. The Bertz CT molecular complexity index is 218. The third-order valence-corrected chi connectivity index (χ3v) is 10.4. The Hall–Kier alpha value is 0.177. The van der Waals surface area contributed by atoms with Crippen LogP contribution in [-0.4, -0.2) is 14.9 Å². The molecule has 0 saturated carbocycles. The minimum absolute atomic E-state index is 0.950. The fourth-order valence-electron chi connectivity index (χ4n) is 4.05. The van der Waals surface area contributed by atoms with Crippen molar-refractivity contribution >= 4 is 8.32 Å². The number of rotatable bonds is 20. The first-order chi connectivity index (χ1) is 12.2. The Morgan fingerprint density at radius 1 is 0.440 bits per heavy atom. The van der Waals surface area contributed by atoms with Gasteiger partial charge in [0.2, 0.25) is 0 Å². The summed E-state index contributed by atoms with van der Waals surface area (Å²) in [4.78, 5) is 0. The molecule has 0 aromatic carbocycles. The molecule has 0 aromatic heterocycles. The zero-order chi connectivity index (χ0) is 18.6. The van der Waals surface area contributed by atoms with Gasteiger partial charge in [-0.05, 0) is 25.1 Å². The highest BCUT2D eigenvalue weighted by Gasteiger charge is 2.32. The zero-order valence-electron chi connectivity index (χ0n) is 18.3. The molecular weight excluding hydrogens is 320 g/mol. The highest BCUT2D eigenvalue weighted by atomic mass is 28.4. The maximum absolute atomic E-state index is 6.59. The van der Waals surface area contributed by atoms with Crippen LogP contribution in [0.2, 0.25) is 18.1 Å². The van der Waals surface area contributed by atoms with Gasteiger partial charge in [-0.25, -0.2) is 0 Å². The van der Waals surface area contributed by atoms with Crippen LogP contribution in [0.1, 0.15) is 124 Å². The molecule has 0 spiro atoms. The van der Waals surface area contributed by atoms with Crippen molar-refractivity contribution in [2.75, 3.05) is 6.61 Å². The molecule has 0 heterocycles. The van der Waals surface area contributed by atoms with Crippen LogP contribution in [0.15, 0.2) is 0 Å². The van der Waals surface area contributed by atoms with Crippen molar-refractivity contribution in [2.45, 2.75) is 142 Å². The van der Waals surface area contributed by atoms with Gasteiger partial charge >= 0.3 is 0 Å². The molecule has 0 rings (SSSR count). The van der Waals surface area contributed by atoms with E-state index in [1.54, 1.807) is 0 Å². The summed E-state index contributed by atoms with van der Waals surface area (Å²) in [5, 5.41) is 0. The maximum atomic E-state index is 6.59. The minimum Gasteiger partial charge on any atom is -0.417 e. The fourth-order valence-corrected chi connectivity index (χ4v) is 8.53. The smallest absolute Gasteiger partial charge is 0.192 e. The molecule has 0 bridgehead atoms. The number of hydrogen-bond donors (Lipinski definition) is 0. The van der Waals surface area contributed by atoms with Gasteiger partial charge in [-0.15, -0.1) is 0 Å². The third-order valence-electron chi connectivity index (χ3n) is 5.66. The number of hydrogen-bond acceptors (Lipinski definition) is 1. The van der Waals surface area contributed by atoms with Crippen LogP contribution in [0, 0.1) is 0 Å². The lowest BCUT2D eigenvalue weighted by Gasteiger charge is -2.32. The highest BCUT2D eigenvalue weighted by Crippen LogP contribution is 2.31. The fraction of sp³-hybridized carbons (Fsp3) is 1.00. The van der Waals surface area contributed by atoms with Crippen LogP contribution in [0.4, 0.5) is 0 Å². The molecule has 0 unspecified atom stereocenters. The van der Waals surface area contributed by atoms with Gasteiger partial charge in [0.25, 0.3) is 0 Å². The molecule has 0 saturated heterocycles. The normalized spacial score (nSPS) is 12.0. The first kappa shape index (κ1) is 25.2. The van der Waals surface area contributed by atoms with Gasteiger partial charge < -0.3 is 4.43 Å². The number of unbranched alkanes of at least 4 members (excludes halogenated alkanes) is 12. The molecule has 0 atom stereocenters. The molecule has 0 amide bonds. The topological polar surface area (TPSA) is 9.23 Å². The summed E-state index contributed by atoms with van der Waals surface area (Å²) >= 11 is 0. The van der Waals surface area contributed by atoms with Crippen LogP contribution < -0.4 is 0 Å². The van der Waals surface area contributed by atoms with Crippen molar-refractivity contribution in [3.05, 3.63) is 0 Å². The Morgan fingerprint density at radius 3 is 1.04 bits per heavy atom. The molecule has 0 aromatic rings. The van der Waals surface area contributed by atoms with Crippen molar-refractivity contribution < 1.29 is 4.43 Å². The standard InChI is InChI=1S/C23H50OSi/c1-5-9-12-15-18-21-25(24-8-4,22-19-16-13-10-6-2)23-20-17-14-11-7-3/h5-23H2,1-4H3. The lowest BCUT2D eigenvalue weighted by atomic mass is 10.2. The first-order valence-electron chi connectivity index (χ1n) is 11.9. The quantitative estimate of drug-likeness (QED) is 0.153. The average Bonchev–Trinajstić information content (AvgIpc) is 2.61. The van der Waals surface area contributed by atoms with E-state index in [1.807, 2.05) is 0 Å². The third kappa shape index (κ3) is 15.0. The van der Waals surface area contributed by atoms with E-state index >= 15 is 0 Å². The molecule has 0 N–H and O–H groups in total. The molecule has 152 valence electrons. The van der Waals surface area contributed by atoms with Crippen LogP contribution in [0.5, 0.6) is 0 Å². The average molecular weight is 371 g/mol. The summed E-state index contributed by atoms with van der Waals surface area (Å²) in [5.74, 6) is 0. The van der Waals surface area contributed by atoms with Crippen LogP contribution >= 0.6 is 0 Å². The Balaban J connectivity index is 4.40. The van der Waals surface area contributed by atoms with E-state index in [1.165, 1.54) is 114 Å². The molecule has 0 aliphatic rings. The van der Waals surface area contributed by atoms with Gasteiger partial charge in [0.15, 0.2) is 8.32 Å². The second-order valence-corrected chi connectivity index (χ2v) is 12.3. The van der Waals surface area contributed by atoms with Gasteiger partial charge in [0.05, 0.1) is 0 Å². The predicted molar refractivity (Wildman–Crippen MR) is 118 cm³/mol. The van der Waals surface area contributed by atoms with E-state index in [0.717, 1.165) is 6.61 Å². The van der Waals surface area contributed by atoms with E-state index < -0.39 is 8.32 Å². The van der Waals surface area contributed by atoms with Crippen LogP contribution in [0.25, 0.3) is 0 Å². The first-order valence-corrected chi connectivity index (χ1v) is 14.4. The molecule has 0 aliphatic heterocycles. The van der Waals surface area contributed by atoms with E-state index in [-0.39, 0.29) is 0 Å². The Morgan fingerprint density at radius 2 is 0.760 bits per heavy atom. The predicted octanol–water partition coefficient (Wildman–Crippen LogP) is 8.88. The van der Waals surface area contributed by atoms with E-state index in [9.17, 15) is 0 Å². The molecule has 2 heteroatoms. The second kappa shape index (κ2) is 19.0. The van der Waals surface area contributed by atoms with Crippen molar-refractivity contribution in [3.8, 4) is 0 Å². The SMILES string of the molecule is CCCCCCC[Si](CCCCCCC)(CCCCCCC)OCC. The van der Waals surface area contributed by atoms with Crippen molar-refractivity contribution in [1.82, 2.24) is 0 Å². The van der Waals surface area contributed by atoms with E-state index in [0.29, 0.717) is 0 Å². The lowest BCUT2D eigenvalue weighted by Crippen LogP contribution is -2.38. The van der Waals surface area contributed by atoms with Gasteiger partial charge in [0.1, 0.15) is 0 Å². The molecular formula is C23H50OSi. The largest absolute Gasteiger partial charge is 0.417 e. The summed E-state index contributed by atoms with van der Waals surface area (Å²) < 4.78 is 6.59. The van der Waals surface area contributed by atoms with E-state index in [2.05, 4.69) is 27.7 Å². The summed E-state index contributed by atoms with van der Waals surface area (Å²) in [6.45, 7) is 10.1. The van der Waals surface area contributed by atoms with Gasteiger partial charge in [-0.1, -0.05) is 117 Å². The molecule has 0 fully saturated rings. The van der Waals surface area contributed by atoms with Gasteiger partial charge in [-0.2, -0.15) is 0 Å². The molecule has 0 radical (unpaired) electrons. The van der Waals surface area contributed by atoms with Gasteiger partial charge in [-0.3, -0.25) is 0 Å². The zero-order valence-corrected chi connectivity index (χ0v) is 19.3. The molecule has 25 heavy (non-hydrogen) atoms. The second-order valence-electron chi connectivity index (χ2n) is 8.11. The summed E-state index contributed by atoms with van der Waals surface area (Å²) in [6, 6.07) is 4.31. The Kier molecular flexibility index (Phi) is 19.1. The lowest BCUT2D eigenvalue weighted by molar-refractivity contribution is 0.313. The van der Waals surface area contributed by atoms with Crippen LogP contribution in [-0.2, 0) is 4.43 Å². The molecule has 0 aliphatic carbocycles. The van der Waals surface area contributed by atoms with Crippen molar-refractivity contribution in [3.63, 3.8) is 0 Å². The summed E-state index contributed by atoms with van der Waals surface area (Å²) in [7, 11) is -1.48. The molecule has 1 nitrogen and oxygen atoms in total. The van der Waals surface area contributed by atoms with Crippen molar-refractivity contribution in [2.24, 2.45) is 0 Å². The van der Waals surface area contributed by atoms with Crippen LogP contribution in [0.3, 0.4) is 0 Å². The Labute approximate surface area is 161 Å².